The molecule has 0 saturated carbocycles. The van der Waals surface area contributed by atoms with Gasteiger partial charge < -0.3 is 65.6 Å². The molecule has 22 heteroatoms. The van der Waals surface area contributed by atoms with Crippen molar-refractivity contribution in [2.45, 2.75) is 30.8 Å². The van der Waals surface area contributed by atoms with Gasteiger partial charge in [-0.25, -0.2) is 9.97 Å². The topological polar surface area (TPSA) is 332 Å². The Morgan fingerprint density at radius 3 is 2.18 bits per heavy atom. The minimum absolute atomic E-state index is 0. The molecular weight excluding hydrogens is 635 g/mol. The van der Waals surface area contributed by atoms with Gasteiger partial charge in [-0.05, 0) is 30.7 Å². The van der Waals surface area contributed by atoms with Crippen LogP contribution in [0.2, 0.25) is 0 Å². The van der Waals surface area contributed by atoms with Crippen molar-refractivity contribution in [1.82, 2.24) is 30.6 Å². The van der Waals surface area contributed by atoms with Gasteiger partial charge in [0.25, 0.3) is 5.91 Å². The van der Waals surface area contributed by atoms with Crippen molar-refractivity contribution in [2.75, 3.05) is 30.0 Å². The van der Waals surface area contributed by atoms with Gasteiger partial charge in [0.15, 0.2) is 17.0 Å². The van der Waals surface area contributed by atoms with Gasteiger partial charge in [0, 0.05) is 36.7 Å². The van der Waals surface area contributed by atoms with Crippen molar-refractivity contribution < 1.29 is 77.8 Å². The van der Waals surface area contributed by atoms with Crippen LogP contribution in [0.4, 0.5) is 17.5 Å². The van der Waals surface area contributed by atoms with Crippen molar-refractivity contribution in [3.63, 3.8) is 0 Å². The van der Waals surface area contributed by atoms with E-state index in [2.05, 4.69) is 25.3 Å². The first-order valence-corrected chi connectivity index (χ1v) is 15.4. The Hall–Kier alpha value is -3.25. The number of carbonyl (C=O) groups excluding carboxylic acids is 3. The first kappa shape index (κ1) is 36.9. The Labute approximate surface area is 271 Å². The Bertz CT molecular complexity index is 1600. The number of nitrogens with one attached hydrogen (secondary N) is 2. The number of hydrogen-bond donors (Lipinski definition) is 4. The van der Waals surface area contributed by atoms with Gasteiger partial charge in [-0.2, -0.15) is 9.97 Å². The number of hydrogen-bond acceptors (Lipinski definition) is 17. The molecule has 6 N–H and O–H groups in total. The fourth-order valence-electron chi connectivity index (χ4n) is 3.72. The van der Waals surface area contributed by atoms with E-state index in [0.29, 0.717) is 11.4 Å². The number of fused-ring (bicyclic) bond motifs is 1. The number of nitrogen functional groups attached to an aromatic ring is 2. The van der Waals surface area contributed by atoms with Gasteiger partial charge in [-0.15, -0.1) is 0 Å². The number of carboxylic acid groups (broad SMARTS) is 1. The molecule has 2 amide bonds. The third-order valence-corrected chi connectivity index (χ3v) is 9.45. The summed E-state index contributed by atoms with van der Waals surface area (Å²) in [5.74, 6) is -3.60. The fourth-order valence-corrected chi connectivity index (χ4v) is 5.73. The molecule has 0 spiro atoms. The second-order valence-electron chi connectivity index (χ2n) is 9.15. The number of amides is 2. The predicted octanol–water partition coefficient (Wildman–Crippen LogP) is -7.88. The summed E-state index contributed by atoms with van der Waals surface area (Å²) >= 11 is 0. The van der Waals surface area contributed by atoms with Crippen molar-refractivity contribution in [3.8, 4) is 0 Å². The molecule has 19 nitrogen and oxygen atoms in total. The Kier molecular flexibility index (Phi) is 12.7. The molecular formula is C22H24N9NaO10P2-4. The van der Waals surface area contributed by atoms with Gasteiger partial charge in [0.2, 0.25) is 11.9 Å². The van der Waals surface area contributed by atoms with E-state index in [1.165, 1.54) is 18.3 Å². The van der Waals surface area contributed by atoms with E-state index in [0.717, 1.165) is 0 Å². The van der Waals surface area contributed by atoms with Crippen molar-refractivity contribution in [1.29, 1.82) is 0 Å². The van der Waals surface area contributed by atoms with E-state index in [9.17, 15) is 48.2 Å². The van der Waals surface area contributed by atoms with E-state index < -0.39 is 63.8 Å². The Morgan fingerprint density at radius 2 is 1.61 bits per heavy atom. The molecule has 1 atom stereocenters. The number of aromatic nitrogens is 4. The first-order valence-electron chi connectivity index (χ1n) is 12.1. The molecule has 1 unspecified atom stereocenters. The van der Waals surface area contributed by atoms with Gasteiger partial charge >= 0.3 is 29.6 Å². The number of anilines is 3. The maximum absolute atomic E-state index is 12.6. The summed E-state index contributed by atoms with van der Waals surface area (Å²) in [6.45, 7) is -1.03. The Morgan fingerprint density at radius 1 is 1.00 bits per heavy atom. The first-order chi connectivity index (χ1) is 20.0. The molecule has 2 aromatic heterocycles. The van der Waals surface area contributed by atoms with E-state index in [4.69, 9.17) is 11.5 Å². The molecule has 0 aliphatic rings. The number of nitrogens with zero attached hydrogens (tertiary/aromatic N) is 5. The van der Waals surface area contributed by atoms with Crippen LogP contribution in [-0.2, 0) is 25.3 Å². The van der Waals surface area contributed by atoms with Gasteiger partial charge in [0.1, 0.15) is 0 Å². The van der Waals surface area contributed by atoms with Crippen molar-refractivity contribution >= 4 is 61.6 Å². The monoisotopic (exact) mass is 659 g/mol. The number of aliphatic carboxylic acids is 1. The maximum atomic E-state index is 12.6. The fraction of sp³-hybridized carbons (Fsp3) is 0.318. The van der Waals surface area contributed by atoms with Crippen LogP contribution in [0.1, 0.15) is 28.9 Å². The van der Waals surface area contributed by atoms with Gasteiger partial charge in [0.05, 0.1) is 30.4 Å². The SMILES string of the molecule is CN(Cc1cnc2nc(N)nc(N)c2n1)c1ccc(C(=O)NC(CCC(=O)NCC(P(=O)([O-])[O-])P(=O)([O-])[O-])C(=O)[O-])cc1.[Na+]. The normalized spacial score (nSPS) is 12.3. The number of benzene rings is 1. The second kappa shape index (κ2) is 15.2. The summed E-state index contributed by atoms with van der Waals surface area (Å²) in [4.78, 5) is 98.3. The van der Waals surface area contributed by atoms with Crippen LogP contribution in [0.3, 0.4) is 0 Å². The zero-order valence-corrected chi connectivity index (χ0v) is 27.0. The maximum Gasteiger partial charge on any atom is 1.00 e. The third-order valence-electron chi connectivity index (χ3n) is 5.93. The molecule has 0 aliphatic carbocycles. The molecule has 0 aliphatic heterocycles. The largest absolute Gasteiger partial charge is 1.00 e. The van der Waals surface area contributed by atoms with Gasteiger partial charge in [-0.3, -0.25) is 9.59 Å². The summed E-state index contributed by atoms with van der Waals surface area (Å²) in [5.41, 5.74) is 13.2. The quantitative estimate of drug-likeness (QED) is 0.0977. The van der Waals surface area contributed by atoms with E-state index in [-0.39, 0.29) is 64.6 Å². The van der Waals surface area contributed by atoms with E-state index in [1.807, 2.05) is 0 Å². The zero-order valence-electron chi connectivity index (χ0n) is 23.2. The summed E-state index contributed by atoms with van der Waals surface area (Å²) < 4.78 is 22.0. The smallest absolute Gasteiger partial charge is 0.810 e. The van der Waals surface area contributed by atoms with Crippen molar-refractivity contribution in [2.24, 2.45) is 0 Å². The zero-order chi connectivity index (χ0) is 32.1. The molecule has 232 valence electrons. The molecule has 0 fully saturated rings. The van der Waals surface area contributed by atoms with Crippen LogP contribution in [0.15, 0.2) is 30.5 Å². The summed E-state index contributed by atoms with van der Waals surface area (Å²) in [6, 6.07) is 4.30. The van der Waals surface area contributed by atoms with E-state index >= 15 is 0 Å². The molecule has 2 heterocycles. The van der Waals surface area contributed by atoms with Crippen LogP contribution < -0.4 is 81.2 Å². The molecule has 3 aromatic rings. The summed E-state index contributed by atoms with van der Waals surface area (Å²) in [7, 11) is -10.0. The minimum atomic E-state index is -5.89. The van der Waals surface area contributed by atoms with E-state index in [1.54, 1.807) is 29.4 Å². The molecule has 3 rings (SSSR count). The van der Waals surface area contributed by atoms with Gasteiger partial charge in [-0.1, -0.05) is 15.2 Å². The summed E-state index contributed by atoms with van der Waals surface area (Å²) in [5, 5.41) is 12.6. The number of carboxylic acids is 1. The summed E-state index contributed by atoms with van der Waals surface area (Å²) in [6.07, 6.45) is 0.296. The van der Waals surface area contributed by atoms with Crippen LogP contribution in [0.5, 0.6) is 0 Å². The molecule has 0 bridgehead atoms. The second-order valence-corrected chi connectivity index (χ2v) is 13.0. The molecule has 44 heavy (non-hydrogen) atoms. The standard InChI is InChI=1S/C22H29N9O10P2.Na/c1-31(10-12-8-26-19-17(27-12)18(23)29-22(24)30-19)13-4-2-11(3-5-13)20(33)28-14(21(34)35)6-7-15(32)25-9-16(42(36,37)38)43(39,40)41;/h2-5,8,14,16H,6-7,9-10H2,1H3,(H,25,32)(H,28,33)(H,34,35)(H2,36,37,38)(H2,39,40,41)(H4,23,24,26,29,30);/q;+1/p-5. The average molecular weight is 659 g/mol. The number of carbonyl (C=O) groups is 3. The minimum Gasteiger partial charge on any atom is -0.810 e. The Balaban J connectivity index is 0.00000675. The predicted molar refractivity (Wildman–Crippen MR) is 140 cm³/mol. The van der Waals surface area contributed by atoms with Crippen molar-refractivity contribution in [3.05, 3.63) is 41.7 Å². The molecule has 0 saturated heterocycles. The number of rotatable bonds is 13. The van der Waals surface area contributed by atoms with Crippen LogP contribution >= 0.6 is 15.2 Å². The average Bonchev–Trinajstić information content (AvgIpc) is 2.89. The van der Waals surface area contributed by atoms with Crippen LogP contribution in [0.25, 0.3) is 11.2 Å². The molecule has 0 radical (unpaired) electrons. The number of nitrogens with two attached hydrogens (primary N) is 2. The van der Waals surface area contributed by atoms with Crippen LogP contribution in [0, 0.1) is 0 Å². The third kappa shape index (κ3) is 10.2. The van der Waals surface area contributed by atoms with Crippen LogP contribution in [-0.4, -0.2) is 62.8 Å². The molecule has 1 aromatic carbocycles.